The van der Waals surface area contributed by atoms with Gasteiger partial charge in [-0.05, 0) is 44.5 Å². The van der Waals surface area contributed by atoms with Crippen LogP contribution < -0.4 is 10.6 Å². The van der Waals surface area contributed by atoms with Gasteiger partial charge in [-0.3, -0.25) is 9.78 Å². The standard InChI is InChI=1S/C15H18N4O/c1-9-5-11(3)18-14(6-9)19-15(20)12-8-17-10(2)7-13(12)16-4/h5-8H,1-4H3,(H,16,17)(H,18,19,20). The van der Waals surface area contributed by atoms with Crippen molar-refractivity contribution >= 4 is 17.4 Å². The molecular formula is C15H18N4O. The van der Waals surface area contributed by atoms with Gasteiger partial charge in [-0.25, -0.2) is 4.98 Å². The summed E-state index contributed by atoms with van der Waals surface area (Å²) in [6, 6.07) is 5.64. The Morgan fingerprint density at radius 2 is 1.85 bits per heavy atom. The lowest BCUT2D eigenvalue weighted by molar-refractivity contribution is 0.102. The summed E-state index contributed by atoms with van der Waals surface area (Å²) in [5, 5.41) is 5.81. The average molecular weight is 270 g/mol. The van der Waals surface area contributed by atoms with Gasteiger partial charge in [-0.1, -0.05) is 0 Å². The van der Waals surface area contributed by atoms with Crippen LogP contribution in [0.15, 0.2) is 24.4 Å². The topological polar surface area (TPSA) is 66.9 Å². The summed E-state index contributed by atoms with van der Waals surface area (Å²) in [7, 11) is 1.78. The van der Waals surface area contributed by atoms with Crippen molar-refractivity contribution in [1.29, 1.82) is 0 Å². The molecule has 2 rings (SSSR count). The molecule has 0 aliphatic heterocycles. The number of rotatable bonds is 3. The normalized spacial score (nSPS) is 10.2. The third-order valence-corrected chi connectivity index (χ3v) is 2.89. The highest BCUT2D eigenvalue weighted by atomic mass is 16.1. The monoisotopic (exact) mass is 270 g/mol. The van der Waals surface area contributed by atoms with E-state index in [1.807, 2.05) is 39.0 Å². The summed E-state index contributed by atoms with van der Waals surface area (Å²) in [5.41, 5.74) is 4.04. The van der Waals surface area contributed by atoms with Crippen LogP contribution in [0.2, 0.25) is 0 Å². The maximum Gasteiger partial charge on any atom is 0.260 e. The van der Waals surface area contributed by atoms with Gasteiger partial charge >= 0.3 is 0 Å². The number of pyridine rings is 2. The van der Waals surface area contributed by atoms with E-state index in [0.717, 1.165) is 22.6 Å². The fraction of sp³-hybridized carbons (Fsp3) is 0.267. The molecule has 1 amide bonds. The second-order valence-electron chi connectivity index (χ2n) is 4.75. The van der Waals surface area contributed by atoms with Gasteiger partial charge in [-0.2, -0.15) is 0 Å². The summed E-state index contributed by atoms with van der Waals surface area (Å²) in [6.45, 7) is 5.75. The van der Waals surface area contributed by atoms with Crippen LogP contribution in [0, 0.1) is 20.8 Å². The van der Waals surface area contributed by atoms with Crippen molar-refractivity contribution in [3.63, 3.8) is 0 Å². The lowest BCUT2D eigenvalue weighted by atomic mass is 10.2. The van der Waals surface area contributed by atoms with Gasteiger partial charge in [-0.15, -0.1) is 0 Å². The highest BCUT2D eigenvalue weighted by Crippen LogP contribution is 2.17. The minimum Gasteiger partial charge on any atom is -0.387 e. The number of nitrogens with one attached hydrogen (secondary N) is 2. The van der Waals surface area contributed by atoms with Crippen molar-refractivity contribution in [3.8, 4) is 0 Å². The molecule has 0 atom stereocenters. The quantitative estimate of drug-likeness (QED) is 0.900. The second-order valence-corrected chi connectivity index (χ2v) is 4.75. The fourth-order valence-electron chi connectivity index (χ4n) is 2.04. The zero-order valence-corrected chi connectivity index (χ0v) is 12.1. The van der Waals surface area contributed by atoms with Crippen LogP contribution in [0.1, 0.15) is 27.3 Å². The highest BCUT2D eigenvalue weighted by Gasteiger charge is 2.12. The van der Waals surface area contributed by atoms with Gasteiger partial charge in [0.05, 0.1) is 11.3 Å². The molecule has 0 aliphatic rings. The molecule has 0 aromatic carbocycles. The molecule has 2 aromatic rings. The summed E-state index contributed by atoms with van der Waals surface area (Å²) in [4.78, 5) is 20.8. The number of nitrogens with zero attached hydrogens (tertiary/aromatic N) is 2. The molecule has 20 heavy (non-hydrogen) atoms. The first-order valence-corrected chi connectivity index (χ1v) is 6.40. The van der Waals surface area contributed by atoms with Crippen LogP contribution in [-0.4, -0.2) is 22.9 Å². The van der Waals surface area contributed by atoms with E-state index in [-0.39, 0.29) is 5.91 Å². The van der Waals surface area contributed by atoms with Crippen molar-refractivity contribution in [3.05, 3.63) is 46.9 Å². The van der Waals surface area contributed by atoms with Crippen molar-refractivity contribution in [2.75, 3.05) is 17.7 Å². The average Bonchev–Trinajstić information content (AvgIpc) is 2.37. The Bertz CT molecular complexity index is 632. The molecule has 0 unspecified atom stereocenters. The molecule has 0 spiro atoms. The van der Waals surface area contributed by atoms with Crippen molar-refractivity contribution in [1.82, 2.24) is 9.97 Å². The van der Waals surface area contributed by atoms with Crippen molar-refractivity contribution < 1.29 is 4.79 Å². The summed E-state index contributed by atoms with van der Waals surface area (Å²) >= 11 is 0. The number of aryl methyl sites for hydroxylation is 3. The molecule has 0 bridgehead atoms. The van der Waals surface area contributed by atoms with Crippen LogP contribution in [0.25, 0.3) is 0 Å². The van der Waals surface area contributed by atoms with Crippen molar-refractivity contribution in [2.45, 2.75) is 20.8 Å². The predicted octanol–water partition coefficient (Wildman–Crippen LogP) is 2.70. The molecule has 0 aliphatic carbocycles. The minimum absolute atomic E-state index is 0.223. The van der Waals surface area contributed by atoms with Gasteiger partial charge in [0, 0.05) is 24.6 Å². The van der Waals surface area contributed by atoms with Crippen LogP contribution in [0.5, 0.6) is 0 Å². The molecule has 5 heteroatoms. The molecule has 0 saturated carbocycles. The molecule has 5 nitrogen and oxygen atoms in total. The van der Waals surface area contributed by atoms with E-state index >= 15 is 0 Å². The SMILES string of the molecule is CNc1cc(C)ncc1C(=O)Nc1cc(C)cc(C)n1. The summed E-state index contributed by atoms with van der Waals surface area (Å²) in [5.74, 6) is 0.328. The summed E-state index contributed by atoms with van der Waals surface area (Å²) < 4.78 is 0. The van der Waals surface area contributed by atoms with Crippen LogP contribution in [0.4, 0.5) is 11.5 Å². The van der Waals surface area contributed by atoms with E-state index in [0.29, 0.717) is 11.4 Å². The number of hydrogen-bond donors (Lipinski definition) is 2. The first kappa shape index (κ1) is 14.0. The molecule has 0 fully saturated rings. The lowest BCUT2D eigenvalue weighted by Gasteiger charge is -2.10. The number of anilines is 2. The van der Waals surface area contributed by atoms with E-state index < -0.39 is 0 Å². The first-order valence-electron chi connectivity index (χ1n) is 6.40. The van der Waals surface area contributed by atoms with E-state index in [1.165, 1.54) is 0 Å². The Morgan fingerprint density at radius 3 is 2.50 bits per heavy atom. The number of aromatic nitrogens is 2. The van der Waals surface area contributed by atoms with E-state index in [9.17, 15) is 4.79 Å². The molecule has 0 saturated heterocycles. The number of amides is 1. The molecule has 2 aromatic heterocycles. The number of carbonyl (C=O) groups is 1. The maximum atomic E-state index is 12.3. The predicted molar refractivity (Wildman–Crippen MR) is 80.2 cm³/mol. The summed E-state index contributed by atoms with van der Waals surface area (Å²) in [6.07, 6.45) is 1.57. The van der Waals surface area contributed by atoms with Crippen molar-refractivity contribution in [2.24, 2.45) is 0 Å². The zero-order chi connectivity index (χ0) is 14.7. The third-order valence-electron chi connectivity index (χ3n) is 2.89. The van der Waals surface area contributed by atoms with Crippen LogP contribution in [-0.2, 0) is 0 Å². The fourth-order valence-corrected chi connectivity index (χ4v) is 2.04. The molecule has 0 radical (unpaired) electrons. The minimum atomic E-state index is -0.223. The van der Waals surface area contributed by atoms with E-state index in [2.05, 4.69) is 20.6 Å². The van der Waals surface area contributed by atoms with E-state index in [1.54, 1.807) is 13.2 Å². The second kappa shape index (κ2) is 5.69. The molecule has 2 N–H and O–H groups in total. The molecular weight excluding hydrogens is 252 g/mol. The highest BCUT2D eigenvalue weighted by molar-refractivity contribution is 6.07. The smallest absolute Gasteiger partial charge is 0.260 e. The Morgan fingerprint density at radius 1 is 1.10 bits per heavy atom. The van der Waals surface area contributed by atoms with E-state index in [4.69, 9.17) is 0 Å². The van der Waals surface area contributed by atoms with Crippen LogP contribution >= 0.6 is 0 Å². The number of hydrogen-bond acceptors (Lipinski definition) is 4. The van der Waals surface area contributed by atoms with Gasteiger partial charge in [0.2, 0.25) is 0 Å². The number of carbonyl (C=O) groups excluding carboxylic acids is 1. The maximum absolute atomic E-state index is 12.3. The lowest BCUT2D eigenvalue weighted by Crippen LogP contribution is -2.16. The van der Waals surface area contributed by atoms with Gasteiger partial charge in [0.15, 0.2) is 0 Å². The molecule has 104 valence electrons. The third kappa shape index (κ3) is 3.12. The Hall–Kier alpha value is -2.43. The van der Waals surface area contributed by atoms with Gasteiger partial charge in [0.25, 0.3) is 5.91 Å². The molecule has 2 heterocycles. The largest absolute Gasteiger partial charge is 0.387 e. The van der Waals surface area contributed by atoms with Crippen LogP contribution in [0.3, 0.4) is 0 Å². The Labute approximate surface area is 118 Å². The zero-order valence-electron chi connectivity index (χ0n) is 12.1. The first-order chi connectivity index (χ1) is 9.49. The Balaban J connectivity index is 2.28. The van der Waals surface area contributed by atoms with Gasteiger partial charge < -0.3 is 10.6 Å². The Kier molecular flexibility index (Phi) is 3.98. The van der Waals surface area contributed by atoms with Gasteiger partial charge in [0.1, 0.15) is 5.82 Å².